The zero-order valence-electron chi connectivity index (χ0n) is 19.7. The first kappa shape index (κ1) is 24.5. The number of carbonyl (C=O) groups is 1. The summed E-state index contributed by atoms with van der Waals surface area (Å²) < 4.78 is 17.7. The molecule has 0 aromatic heterocycles. The van der Waals surface area contributed by atoms with Crippen LogP contribution in [0.15, 0.2) is 48.5 Å². The summed E-state index contributed by atoms with van der Waals surface area (Å²) in [5.74, 6) is 3.21. The van der Waals surface area contributed by atoms with Crippen LogP contribution >= 0.6 is 0 Å². The van der Waals surface area contributed by atoms with E-state index in [4.69, 9.17) is 14.2 Å². The zero-order valence-corrected chi connectivity index (χ0v) is 19.7. The van der Waals surface area contributed by atoms with Crippen LogP contribution in [0.25, 0.3) is 6.08 Å². The van der Waals surface area contributed by atoms with Crippen molar-refractivity contribution in [3.63, 3.8) is 0 Å². The van der Waals surface area contributed by atoms with Gasteiger partial charge in [-0.1, -0.05) is 53.7 Å². The highest BCUT2D eigenvalue weighted by molar-refractivity contribution is 6.08. The van der Waals surface area contributed by atoms with Crippen molar-refractivity contribution in [1.29, 1.82) is 0 Å². The Morgan fingerprint density at radius 3 is 2.00 bits per heavy atom. The summed E-state index contributed by atoms with van der Waals surface area (Å²) in [5.41, 5.74) is 1.37. The molecule has 0 aliphatic rings. The first-order valence-corrected chi connectivity index (χ1v) is 11.1. The minimum Gasteiger partial charge on any atom is -0.493 e. The Labute approximate surface area is 187 Å². The van der Waals surface area contributed by atoms with Crippen LogP contribution in [0.5, 0.6) is 17.2 Å². The fraction of sp³-hybridized carbons (Fsp3) is 0.444. The zero-order chi connectivity index (χ0) is 22.8. The Morgan fingerprint density at radius 2 is 1.35 bits per heavy atom. The van der Waals surface area contributed by atoms with Gasteiger partial charge in [0.05, 0.1) is 25.4 Å². The quantitative estimate of drug-likeness (QED) is 0.281. The molecule has 0 spiro atoms. The third-order valence-corrected chi connectivity index (χ3v) is 4.28. The summed E-state index contributed by atoms with van der Waals surface area (Å²) in [5, 5.41) is 0. The maximum atomic E-state index is 12.9. The van der Waals surface area contributed by atoms with Crippen molar-refractivity contribution in [3.8, 4) is 17.2 Å². The van der Waals surface area contributed by atoms with Crippen LogP contribution in [0.2, 0.25) is 0 Å². The fourth-order valence-corrected chi connectivity index (χ4v) is 2.71. The van der Waals surface area contributed by atoms with Gasteiger partial charge in [0, 0.05) is 5.56 Å². The molecule has 4 heteroatoms. The summed E-state index contributed by atoms with van der Waals surface area (Å²) in [4.78, 5) is 12.9. The molecule has 0 aliphatic heterocycles. The minimum atomic E-state index is -0.109. The Kier molecular flexibility index (Phi) is 9.64. The first-order chi connectivity index (χ1) is 14.8. The van der Waals surface area contributed by atoms with Gasteiger partial charge in [0.15, 0.2) is 5.78 Å². The molecule has 0 saturated heterocycles. The largest absolute Gasteiger partial charge is 0.493 e. The number of para-hydroxylation sites is 1. The highest BCUT2D eigenvalue weighted by Crippen LogP contribution is 2.27. The van der Waals surface area contributed by atoms with Crippen LogP contribution in [-0.2, 0) is 0 Å². The molecule has 0 aliphatic carbocycles. The average Bonchev–Trinajstić information content (AvgIpc) is 2.73. The third kappa shape index (κ3) is 8.49. The van der Waals surface area contributed by atoms with E-state index in [1.54, 1.807) is 18.2 Å². The van der Waals surface area contributed by atoms with Gasteiger partial charge in [-0.05, 0) is 60.2 Å². The third-order valence-electron chi connectivity index (χ3n) is 4.28. The average molecular weight is 425 g/mol. The molecule has 0 fully saturated rings. The van der Waals surface area contributed by atoms with Crippen LogP contribution in [-0.4, -0.2) is 25.6 Å². The maximum Gasteiger partial charge on any atom is 0.189 e. The molecule has 2 aromatic rings. The number of carbonyl (C=O) groups excluding carboxylic acids is 1. The molecule has 0 radical (unpaired) electrons. The van der Waals surface area contributed by atoms with Crippen LogP contribution in [0, 0.1) is 17.8 Å². The normalized spacial score (nSPS) is 11.5. The fourth-order valence-electron chi connectivity index (χ4n) is 2.71. The number of benzene rings is 2. The van der Waals surface area contributed by atoms with E-state index in [9.17, 15) is 4.79 Å². The predicted octanol–water partition coefficient (Wildman–Crippen LogP) is 6.69. The van der Waals surface area contributed by atoms with Gasteiger partial charge in [0.2, 0.25) is 0 Å². The smallest absolute Gasteiger partial charge is 0.189 e. The molecule has 0 atom stereocenters. The lowest BCUT2D eigenvalue weighted by Gasteiger charge is -2.14. The van der Waals surface area contributed by atoms with E-state index >= 15 is 0 Å². The SMILES string of the molecule is CC(C)COc1ccc(OCC(C)C)c(/C=C/C(=O)c2ccccc2OCC(C)C)c1. The van der Waals surface area contributed by atoms with Crippen molar-refractivity contribution in [2.24, 2.45) is 17.8 Å². The summed E-state index contributed by atoms with van der Waals surface area (Å²) in [6, 6.07) is 13.1. The van der Waals surface area contributed by atoms with Gasteiger partial charge in [-0.2, -0.15) is 0 Å². The number of rotatable bonds is 12. The summed E-state index contributed by atoms with van der Waals surface area (Å²) in [6.07, 6.45) is 3.36. The summed E-state index contributed by atoms with van der Waals surface area (Å²) >= 11 is 0. The lowest BCUT2D eigenvalue weighted by Crippen LogP contribution is -2.08. The van der Waals surface area contributed by atoms with Crippen LogP contribution in [0.1, 0.15) is 57.5 Å². The Balaban J connectivity index is 2.25. The highest BCUT2D eigenvalue weighted by atomic mass is 16.5. The molecule has 0 saturated carbocycles. The maximum absolute atomic E-state index is 12.9. The van der Waals surface area contributed by atoms with Crippen molar-refractivity contribution in [2.75, 3.05) is 19.8 Å². The molecule has 0 unspecified atom stereocenters. The molecule has 2 aromatic carbocycles. The van der Waals surface area contributed by atoms with Gasteiger partial charge in [0.25, 0.3) is 0 Å². The molecule has 0 bridgehead atoms. The molecular weight excluding hydrogens is 388 g/mol. The van der Waals surface area contributed by atoms with E-state index in [0.29, 0.717) is 48.9 Å². The van der Waals surface area contributed by atoms with E-state index in [1.165, 1.54) is 0 Å². The van der Waals surface area contributed by atoms with E-state index < -0.39 is 0 Å². The van der Waals surface area contributed by atoms with Crippen LogP contribution in [0.4, 0.5) is 0 Å². The van der Waals surface area contributed by atoms with E-state index in [-0.39, 0.29) is 5.78 Å². The molecule has 31 heavy (non-hydrogen) atoms. The predicted molar refractivity (Wildman–Crippen MR) is 127 cm³/mol. The van der Waals surface area contributed by atoms with E-state index in [1.807, 2.05) is 36.4 Å². The molecule has 168 valence electrons. The van der Waals surface area contributed by atoms with Gasteiger partial charge in [0.1, 0.15) is 17.2 Å². The van der Waals surface area contributed by atoms with Crippen LogP contribution < -0.4 is 14.2 Å². The standard InChI is InChI=1S/C27H36O4/c1-19(2)16-29-23-12-14-26(30-17-20(3)4)22(15-23)11-13-25(28)24-9-7-8-10-27(24)31-18-21(5)6/h7-15,19-21H,16-18H2,1-6H3/b13-11+. The number of hydrogen-bond donors (Lipinski definition) is 0. The Hall–Kier alpha value is -2.75. The second-order valence-electron chi connectivity index (χ2n) is 9.01. The van der Waals surface area contributed by atoms with Gasteiger partial charge < -0.3 is 14.2 Å². The number of ether oxygens (including phenoxy) is 3. The molecule has 2 rings (SSSR count). The van der Waals surface area contributed by atoms with Gasteiger partial charge >= 0.3 is 0 Å². The number of ketones is 1. The molecule has 0 amide bonds. The van der Waals surface area contributed by atoms with E-state index in [0.717, 1.165) is 17.1 Å². The van der Waals surface area contributed by atoms with Crippen molar-refractivity contribution in [3.05, 3.63) is 59.7 Å². The lowest BCUT2D eigenvalue weighted by molar-refractivity contribution is 0.104. The first-order valence-electron chi connectivity index (χ1n) is 11.1. The molecule has 0 N–H and O–H groups in total. The van der Waals surface area contributed by atoms with Gasteiger partial charge in [-0.3, -0.25) is 4.79 Å². The molecular formula is C27H36O4. The Morgan fingerprint density at radius 1 is 0.774 bits per heavy atom. The van der Waals surface area contributed by atoms with Crippen molar-refractivity contribution < 1.29 is 19.0 Å². The molecule has 0 heterocycles. The lowest BCUT2D eigenvalue weighted by atomic mass is 10.1. The van der Waals surface area contributed by atoms with Crippen molar-refractivity contribution >= 4 is 11.9 Å². The van der Waals surface area contributed by atoms with Gasteiger partial charge in [-0.25, -0.2) is 0 Å². The second kappa shape index (κ2) is 12.2. The summed E-state index contributed by atoms with van der Waals surface area (Å²) in [6.45, 7) is 14.4. The molecule has 4 nitrogen and oxygen atoms in total. The number of allylic oxidation sites excluding steroid dienone is 1. The highest BCUT2D eigenvalue weighted by Gasteiger charge is 2.11. The van der Waals surface area contributed by atoms with Crippen molar-refractivity contribution in [2.45, 2.75) is 41.5 Å². The summed E-state index contributed by atoms with van der Waals surface area (Å²) in [7, 11) is 0. The van der Waals surface area contributed by atoms with Crippen LogP contribution in [0.3, 0.4) is 0 Å². The van der Waals surface area contributed by atoms with Crippen molar-refractivity contribution in [1.82, 2.24) is 0 Å². The number of hydrogen-bond acceptors (Lipinski definition) is 4. The second-order valence-corrected chi connectivity index (χ2v) is 9.01. The minimum absolute atomic E-state index is 0.109. The van der Waals surface area contributed by atoms with E-state index in [2.05, 4.69) is 41.5 Å². The Bertz CT molecular complexity index is 865. The monoisotopic (exact) mass is 424 g/mol. The topological polar surface area (TPSA) is 44.8 Å². The van der Waals surface area contributed by atoms with Gasteiger partial charge in [-0.15, -0.1) is 0 Å².